The predicted molar refractivity (Wildman–Crippen MR) is 106 cm³/mol. The van der Waals surface area contributed by atoms with Crippen LogP contribution >= 0.6 is 0 Å². The SMILES string of the molecule is CN1CCN(CCN(C)C(=O)c2ccc3[nH]c4c(c3c2)CCCC4)CC1. The van der Waals surface area contributed by atoms with Crippen molar-refractivity contribution in [3.63, 3.8) is 0 Å². The summed E-state index contributed by atoms with van der Waals surface area (Å²) in [5.74, 6) is 0.131. The van der Waals surface area contributed by atoms with Crippen molar-refractivity contribution in [2.75, 3.05) is 53.4 Å². The molecule has 1 aliphatic carbocycles. The number of fused-ring (bicyclic) bond motifs is 3. The number of likely N-dealkylation sites (N-methyl/N-ethyl adjacent to an activating group) is 2. The fourth-order valence-corrected chi connectivity index (χ4v) is 4.22. The van der Waals surface area contributed by atoms with Crippen molar-refractivity contribution in [1.82, 2.24) is 19.7 Å². The third kappa shape index (κ3) is 3.51. The number of amides is 1. The van der Waals surface area contributed by atoms with Gasteiger partial charge in [-0.05, 0) is 56.5 Å². The highest BCUT2D eigenvalue weighted by molar-refractivity contribution is 5.99. The van der Waals surface area contributed by atoms with E-state index in [1.165, 1.54) is 35.0 Å². The number of aromatic amines is 1. The standard InChI is InChI=1S/C21H30N4O/c1-23-9-12-25(13-10-23)14-11-24(2)21(26)16-7-8-20-18(15-16)17-5-3-4-6-19(17)22-20/h7-8,15,22H,3-6,9-14H2,1-2H3. The minimum atomic E-state index is 0.131. The van der Waals surface area contributed by atoms with Crippen LogP contribution in [0.5, 0.6) is 0 Å². The molecule has 5 nitrogen and oxygen atoms in total. The molecule has 1 amide bonds. The first kappa shape index (κ1) is 17.6. The monoisotopic (exact) mass is 354 g/mol. The zero-order valence-electron chi connectivity index (χ0n) is 16.1. The van der Waals surface area contributed by atoms with Gasteiger partial charge < -0.3 is 14.8 Å². The van der Waals surface area contributed by atoms with E-state index in [9.17, 15) is 4.79 Å². The highest BCUT2D eigenvalue weighted by atomic mass is 16.2. The third-order valence-electron chi connectivity index (χ3n) is 6.04. The Hall–Kier alpha value is -1.85. The summed E-state index contributed by atoms with van der Waals surface area (Å²) in [4.78, 5) is 23.1. The second-order valence-electron chi connectivity index (χ2n) is 7.92. The molecular formula is C21H30N4O. The Bertz CT molecular complexity index is 789. The fourth-order valence-electron chi connectivity index (χ4n) is 4.22. The van der Waals surface area contributed by atoms with Gasteiger partial charge in [-0.3, -0.25) is 9.69 Å². The fraction of sp³-hybridized carbons (Fsp3) is 0.571. The van der Waals surface area contributed by atoms with Crippen LogP contribution < -0.4 is 0 Å². The maximum atomic E-state index is 12.9. The van der Waals surface area contributed by atoms with Crippen molar-refractivity contribution in [2.45, 2.75) is 25.7 Å². The quantitative estimate of drug-likeness (QED) is 0.917. The predicted octanol–water partition coefficient (Wildman–Crippen LogP) is 2.37. The highest BCUT2D eigenvalue weighted by Crippen LogP contribution is 2.29. The molecule has 0 unspecified atom stereocenters. The van der Waals surface area contributed by atoms with Crippen LogP contribution in [0.25, 0.3) is 10.9 Å². The second-order valence-corrected chi connectivity index (χ2v) is 7.92. The molecule has 2 heterocycles. The van der Waals surface area contributed by atoms with Crippen molar-refractivity contribution in [3.05, 3.63) is 35.0 Å². The number of rotatable bonds is 4. The lowest BCUT2D eigenvalue weighted by molar-refractivity contribution is 0.0760. The maximum Gasteiger partial charge on any atom is 0.253 e. The molecule has 1 saturated heterocycles. The molecule has 1 aromatic heterocycles. The Morgan fingerprint density at radius 3 is 2.73 bits per heavy atom. The maximum absolute atomic E-state index is 12.9. The summed E-state index contributed by atoms with van der Waals surface area (Å²) in [6.45, 7) is 6.17. The van der Waals surface area contributed by atoms with Gasteiger partial charge in [0.25, 0.3) is 5.91 Å². The molecule has 4 rings (SSSR count). The molecule has 1 N–H and O–H groups in total. The molecule has 26 heavy (non-hydrogen) atoms. The number of hydrogen-bond acceptors (Lipinski definition) is 3. The van der Waals surface area contributed by atoms with Crippen LogP contribution in [-0.2, 0) is 12.8 Å². The van der Waals surface area contributed by atoms with Crippen LogP contribution in [0.3, 0.4) is 0 Å². The molecule has 140 valence electrons. The van der Waals surface area contributed by atoms with Crippen LogP contribution in [-0.4, -0.2) is 79.0 Å². The van der Waals surface area contributed by atoms with E-state index in [4.69, 9.17) is 0 Å². The number of hydrogen-bond donors (Lipinski definition) is 1. The molecule has 0 atom stereocenters. The molecule has 5 heteroatoms. The summed E-state index contributed by atoms with van der Waals surface area (Å²) in [5.41, 5.74) is 4.79. The minimum Gasteiger partial charge on any atom is -0.358 e. The van der Waals surface area contributed by atoms with Crippen LogP contribution in [0, 0.1) is 0 Å². The van der Waals surface area contributed by atoms with Gasteiger partial charge in [0.15, 0.2) is 0 Å². The van der Waals surface area contributed by atoms with E-state index in [1.807, 2.05) is 18.0 Å². The average Bonchev–Trinajstić information content (AvgIpc) is 3.04. The van der Waals surface area contributed by atoms with E-state index in [1.54, 1.807) is 0 Å². The van der Waals surface area contributed by atoms with E-state index < -0.39 is 0 Å². The van der Waals surface area contributed by atoms with E-state index in [0.717, 1.165) is 57.7 Å². The van der Waals surface area contributed by atoms with Gasteiger partial charge in [0.2, 0.25) is 0 Å². The zero-order chi connectivity index (χ0) is 18.1. The topological polar surface area (TPSA) is 42.6 Å². The number of piperazine rings is 1. The van der Waals surface area contributed by atoms with Gasteiger partial charge in [0.1, 0.15) is 0 Å². The van der Waals surface area contributed by atoms with Crippen LogP contribution in [0.4, 0.5) is 0 Å². The lowest BCUT2D eigenvalue weighted by Crippen LogP contribution is -2.47. The lowest BCUT2D eigenvalue weighted by atomic mass is 9.95. The number of aromatic nitrogens is 1. The first-order valence-corrected chi connectivity index (χ1v) is 9.91. The van der Waals surface area contributed by atoms with Gasteiger partial charge in [0, 0.05) is 68.5 Å². The number of carbonyl (C=O) groups is 1. The number of nitrogens with one attached hydrogen (secondary N) is 1. The smallest absolute Gasteiger partial charge is 0.253 e. The van der Waals surface area contributed by atoms with E-state index >= 15 is 0 Å². The molecule has 2 aromatic rings. The van der Waals surface area contributed by atoms with Crippen LogP contribution in [0.2, 0.25) is 0 Å². The second kappa shape index (κ2) is 7.41. The van der Waals surface area contributed by atoms with Gasteiger partial charge in [-0.1, -0.05) is 0 Å². The molecule has 1 fully saturated rings. The Labute approximate surface area is 155 Å². The number of nitrogens with zero attached hydrogens (tertiary/aromatic N) is 3. The highest BCUT2D eigenvalue weighted by Gasteiger charge is 2.19. The summed E-state index contributed by atoms with van der Waals surface area (Å²) in [5, 5.41) is 1.25. The number of H-pyrrole nitrogens is 1. The lowest BCUT2D eigenvalue weighted by Gasteiger charge is -2.33. The summed E-state index contributed by atoms with van der Waals surface area (Å²) in [6.07, 6.45) is 4.79. The Balaban J connectivity index is 1.43. The molecule has 0 radical (unpaired) electrons. The van der Waals surface area contributed by atoms with Gasteiger partial charge in [-0.15, -0.1) is 0 Å². The normalized spacial score (nSPS) is 18.8. The number of benzene rings is 1. The van der Waals surface area contributed by atoms with Crippen molar-refractivity contribution >= 4 is 16.8 Å². The van der Waals surface area contributed by atoms with Gasteiger partial charge in [-0.25, -0.2) is 0 Å². The average molecular weight is 354 g/mol. The Morgan fingerprint density at radius 2 is 1.92 bits per heavy atom. The van der Waals surface area contributed by atoms with Crippen molar-refractivity contribution in [3.8, 4) is 0 Å². The summed E-state index contributed by atoms with van der Waals surface area (Å²) in [7, 11) is 4.10. The van der Waals surface area contributed by atoms with E-state index in [0.29, 0.717) is 0 Å². The van der Waals surface area contributed by atoms with Crippen LogP contribution in [0.1, 0.15) is 34.5 Å². The number of aryl methyl sites for hydroxylation is 2. The minimum absolute atomic E-state index is 0.131. The molecule has 1 aromatic carbocycles. The van der Waals surface area contributed by atoms with Crippen molar-refractivity contribution in [1.29, 1.82) is 0 Å². The first-order valence-electron chi connectivity index (χ1n) is 9.91. The van der Waals surface area contributed by atoms with E-state index in [-0.39, 0.29) is 5.91 Å². The molecule has 0 spiro atoms. The van der Waals surface area contributed by atoms with Crippen LogP contribution in [0.15, 0.2) is 18.2 Å². The van der Waals surface area contributed by atoms with Crippen molar-refractivity contribution in [2.24, 2.45) is 0 Å². The molecule has 1 aliphatic heterocycles. The Kier molecular flexibility index (Phi) is 5.00. The molecular weight excluding hydrogens is 324 g/mol. The number of carbonyl (C=O) groups excluding carboxylic acids is 1. The van der Waals surface area contributed by atoms with Gasteiger partial charge in [-0.2, -0.15) is 0 Å². The van der Waals surface area contributed by atoms with Gasteiger partial charge >= 0.3 is 0 Å². The Morgan fingerprint density at radius 1 is 1.15 bits per heavy atom. The van der Waals surface area contributed by atoms with Gasteiger partial charge in [0.05, 0.1) is 0 Å². The zero-order valence-corrected chi connectivity index (χ0v) is 16.1. The summed E-state index contributed by atoms with van der Waals surface area (Å²) < 4.78 is 0. The molecule has 2 aliphatic rings. The summed E-state index contributed by atoms with van der Waals surface area (Å²) in [6, 6.07) is 6.15. The molecule has 0 saturated carbocycles. The third-order valence-corrected chi connectivity index (χ3v) is 6.04. The summed E-state index contributed by atoms with van der Waals surface area (Å²) >= 11 is 0. The largest absolute Gasteiger partial charge is 0.358 e. The van der Waals surface area contributed by atoms with E-state index in [2.05, 4.69) is 34.0 Å². The molecule has 0 bridgehead atoms. The van der Waals surface area contributed by atoms with Crippen molar-refractivity contribution < 1.29 is 4.79 Å². The first-order chi connectivity index (χ1) is 12.6.